The van der Waals surface area contributed by atoms with Crippen molar-refractivity contribution < 1.29 is 5.11 Å². The highest BCUT2D eigenvalue weighted by Gasteiger charge is 2.08. The molecule has 0 fully saturated rings. The first-order valence-electron chi connectivity index (χ1n) is 7.03. The molecule has 1 rings (SSSR count). The summed E-state index contributed by atoms with van der Waals surface area (Å²) in [7, 11) is 0. The molecular weight excluding hydrogens is 228 g/mol. The number of aliphatic hydroxyl groups is 1. The number of hydrogen-bond acceptors (Lipinski definition) is 4. The maximum atomic E-state index is 8.81. The van der Waals surface area contributed by atoms with Gasteiger partial charge in [-0.3, -0.25) is 0 Å². The van der Waals surface area contributed by atoms with Crippen LogP contribution in [0, 0.1) is 0 Å². The van der Waals surface area contributed by atoms with Gasteiger partial charge in [-0.15, -0.1) is 5.10 Å². The molecule has 0 bridgehead atoms. The summed E-state index contributed by atoms with van der Waals surface area (Å²) in [4.78, 5) is 0. The van der Waals surface area contributed by atoms with Crippen molar-refractivity contribution in [3.8, 4) is 0 Å². The third kappa shape index (κ3) is 5.60. The predicted octanol–water partition coefficient (Wildman–Crippen LogP) is 1.72. The lowest BCUT2D eigenvalue weighted by molar-refractivity contribution is 0.268. The van der Waals surface area contributed by atoms with Gasteiger partial charge in [0.2, 0.25) is 0 Å². The Kier molecular flexibility index (Phi) is 7.60. The van der Waals surface area contributed by atoms with Crippen molar-refractivity contribution in [2.45, 2.75) is 65.1 Å². The van der Waals surface area contributed by atoms with Crippen molar-refractivity contribution >= 4 is 0 Å². The van der Waals surface area contributed by atoms with Crippen LogP contribution >= 0.6 is 0 Å². The van der Waals surface area contributed by atoms with Crippen LogP contribution in [0.5, 0.6) is 0 Å². The highest BCUT2D eigenvalue weighted by Crippen LogP contribution is 2.07. The Morgan fingerprint density at radius 3 is 2.83 bits per heavy atom. The molecule has 0 aliphatic carbocycles. The lowest BCUT2D eigenvalue weighted by atomic mass is 10.1. The molecule has 0 aliphatic rings. The van der Waals surface area contributed by atoms with Gasteiger partial charge in [0.25, 0.3) is 0 Å². The van der Waals surface area contributed by atoms with E-state index >= 15 is 0 Å². The number of aliphatic hydroxyl groups excluding tert-OH is 1. The fourth-order valence-corrected chi connectivity index (χ4v) is 2.03. The molecule has 0 radical (unpaired) electrons. The molecule has 5 nitrogen and oxygen atoms in total. The molecule has 1 heterocycles. The quantitative estimate of drug-likeness (QED) is 0.667. The van der Waals surface area contributed by atoms with E-state index in [2.05, 4.69) is 29.5 Å². The fraction of sp³-hybridized carbons (Fsp3) is 0.846. The Morgan fingerprint density at radius 2 is 2.17 bits per heavy atom. The van der Waals surface area contributed by atoms with Gasteiger partial charge in [0.05, 0.1) is 18.8 Å². The normalized spacial score (nSPS) is 12.8. The molecule has 1 unspecified atom stereocenters. The van der Waals surface area contributed by atoms with Gasteiger partial charge in [-0.1, -0.05) is 38.3 Å². The van der Waals surface area contributed by atoms with Crippen molar-refractivity contribution in [3.63, 3.8) is 0 Å². The van der Waals surface area contributed by atoms with Crippen LogP contribution in [0.4, 0.5) is 0 Å². The van der Waals surface area contributed by atoms with Crippen LogP contribution in [0.1, 0.15) is 51.6 Å². The van der Waals surface area contributed by atoms with Crippen molar-refractivity contribution in [2.24, 2.45) is 0 Å². The van der Waals surface area contributed by atoms with E-state index in [0.717, 1.165) is 12.2 Å². The van der Waals surface area contributed by atoms with E-state index < -0.39 is 0 Å². The maximum absolute atomic E-state index is 8.81. The van der Waals surface area contributed by atoms with Crippen molar-refractivity contribution in [3.05, 3.63) is 11.9 Å². The Balaban J connectivity index is 2.34. The monoisotopic (exact) mass is 254 g/mol. The first-order chi connectivity index (χ1) is 8.80. The molecule has 1 aromatic rings. The van der Waals surface area contributed by atoms with Gasteiger partial charge in [-0.2, -0.15) is 0 Å². The van der Waals surface area contributed by atoms with E-state index in [0.29, 0.717) is 12.6 Å². The second kappa shape index (κ2) is 9.05. The molecule has 0 spiro atoms. The zero-order valence-electron chi connectivity index (χ0n) is 11.6. The molecular formula is C13H26N4O. The van der Waals surface area contributed by atoms with Gasteiger partial charge in [0.15, 0.2) is 0 Å². The summed E-state index contributed by atoms with van der Waals surface area (Å²) in [5, 5.41) is 20.4. The molecule has 104 valence electrons. The average molecular weight is 254 g/mol. The van der Waals surface area contributed by atoms with E-state index in [9.17, 15) is 0 Å². The zero-order valence-corrected chi connectivity index (χ0v) is 11.6. The standard InChI is InChI=1S/C13H26N4O/c1-3-5-7-12(6-4-2)14-10-13-11-17(8-9-18)16-15-13/h11-12,14,18H,3-10H2,1-2H3. The minimum absolute atomic E-state index is 0.102. The molecule has 0 saturated carbocycles. The molecule has 1 aromatic heterocycles. The number of hydrogen-bond donors (Lipinski definition) is 2. The number of unbranched alkanes of at least 4 members (excludes halogenated alkanes) is 1. The molecule has 1 atom stereocenters. The van der Waals surface area contributed by atoms with Crippen molar-refractivity contribution in [2.75, 3.05) is 6.61 Å². The van der Waals surface area contributed by atoms with Gasteiger partial charge >= 0.3 is 0 Å². The highest BCUT2D eigenvalue weighted by atomic mass is 16.3. The number of nitrogens with one attached hydrogen (secondary N) is 1. The van der Waals surface area contributed by atoms with Crippen LogP contribution in [0.2, 0.25) is 0 Å². The first-order valence-corrected chi connectivity index (χ1v) is 7.03. The summed E-state index contributed by atoms with van der Waals surface area (Å²) in [6.45, 7) is 5.83. The van der Waals surface area contributed by atoms with Gasteiger partial charge in [-0.25, -0.2) is 4.68 Å². The first kappa shape index (κ1) is 15.1. The molecule has 0 aliphatic heterocycles. The summed E-state index contributed by atoms with van der Waals surface area (Å²) < 4.78 is 1.68. The molecule has 0 amide bonds. The van der Waals surface area contributed by atoms with Crippen LogP contribution in [0.25, 0.3) is 0 Å². The number of nitrogens with zero attached hydrogens (tertiary/aromatic N) is 3. The third-order valence-corrected chi connectivity index (χ3v) is 3.03. The van der Waals surface area contributed by atoms with E-state index in [1.807, 2.05) is 6.20 Å². The third-order valence-electron chi connectivity index (χ3n) is 3.03. The Hall–Kier alpha value is -0.940. The largest absolute Gasteiger partial charge is 0.394 e. The summed E-state index contributed by atoms with van der Waals surface area (Å²) >= 11 is 0. The van der Waals surface area contributed by atoms with E-state index in [1.165, 1.54) is 32.1 Å². The van der Waals surface area contributed by atoms with Gasteiger partial charge in [-0.05, 0) is 12.8 Å². The van der Waals surface area contributed by atoms with Crippen molar-refractivity contribution in [1.29, 1.82) is 0 Å². The number of rotatable bonds is 10. The molecule has 5 heteroatoms. The average Bonchev–Trinajstić information content (AvgIpc) is 2.81. The SMILES string of the molecule is CCCCC(CCC)NCc1cn(CCO)nn1. The van der Waals surface area contributed by atoms with Crippen LogP contribution in [0.15, 0.2) is 6.20 Å². The van der Waals surface area contributed by atoms with Gasteiger partial charge in [0, 0.05) is 18.8 Å². The summed E-state index contributed by atoms with van der Waals surface area (Å²) in [5.41, 5.74) is 0.945. The van der Waals surface area contributed by atoms with Gasteiger partial charge in [0.1, 0.15) is 0 Å². The Labute approximate surface area is 110 Å². The summed E-state index contributed by atoms with van der Waals surface area (Å²) in [6.07, 6.45) is 8.06. The van der Waals surface area contributed by atoms with E-state index in [1.54, 1.807) is 4.68 Å². The lowest BCUT2D eigenvalue weighted by Crippen LogP contribution is -2.28. The molecule has 0 saturated heterocycles. The Bertz CT molecular complexity index is 314. The van der Waals surface area contributed by atoms with E-state index in [4.69, 9.17) is 5.11 Å². The topological polar surface area (TPSA) is 63.0 Å². The summed E-state index contributed by atoms with van der Waals surface area (Å²) in [5.74, 6) is 0. The Morgan fingerprint density at radius 1 is 1.33 bits per heavy atom. The number of aromatic nitrogens is 3. The molecule has 0 aromatic carbocycles. The smallest absolute Gasteiger partial charge is 0.0964 e. The van der Waals surface area contributed by atoms with Crippen LogP contribution in [-0.4, -0.2) is 32.7 Å². The van der Waals surface area contributed by atoms with Crippen molar-refractivity contribution in [1.82, 2.24) is 20.3 Å². The van der Waals surface area contributed by atoms with Crippen LogP contribution < -0.4 is 5.32 Å². The minimum Gasteiger partial charge on any atom is -0.394 e. The van der Waals surface area contributed by atoms with Gasteiger partial charge < -0.3 is 10.4 Å². The molecule has 18 heavy (non-hydrogen) atoms. The summed E-state index contributed by atoms with van der Waals surface area (Å²) in [6, 6.07) is 0.581. The second-order valence-electron chi connectivity index (χ2n) is 4.71. The molecule has 2 N–H and O–H groups in total. The second-order valence-corrected chi connectivity index (χ2v) is 4.71. The van der Waals surface area contributed by atoms with E-state index in [-0.39, 0.29) is 6.61 Å². The zero-order chi connectivity index (χ0) is 13.2. The minimum atomic E-state index is 0.102. The predicted molar refractivity (Wildman–Crippen MR) is 72.2 cm³/mol. The van der Waals surface area contributed by atoms with Crippen LogP contribution in [0.3, 0.4) is 0 Å². The van der Waals surface area contributed by atoms with Crippen LogP contribution in [-0.2, 0) is 13.1 Å². The lowest BCUT2D eigenvalue weighted by Gasteiger charge is -2.16. The maximum Gasteiger partial charge on any atom is 0.0964 e. The fourth-order valence-electron chi connectivity index (χ4n) is 2.03. The highest BCUT2D eigenvalue weighted by molar-refractivity contribution is 4.92.